The molecule has 2 aromatic rings. The van der Waals surface area contributed by atoms with E-state index in [9.17, 15) is 0 Å². The van der Waals surface area contributed by atoms with Gasteiger partial charge in [-0.15, -0.1) is 12.4 Å². The van der Waals surface area contributed by atoms with Crippen molar-refractivity contribution in [2.45, 2.75) is 51.0 Å². The van der Waals surface area contributed by atoms with Crippen molar-refractivity contribution in [3.05, 3.63) is 69.7 Å². The van der Waals surface area contributed by atoms with E-state index in [4.69, 9.17) is 17.3 Å². The van der Waals surface area contributed by atoms with Crippen molar-refractivity contribution in [2.24, 2.45) is 5.73 Å². The maximum atomic E-state index is 6.46. The largest absolute Gasteiger partial charge is 0.330 e. The monoisotopic (exact) mass is 392 g/mol. The van der Waals surface area contributed by atoms with Crippen molar-refractivity contribution in [3.8, 4) is 0 Å². The Morgan fingerprint density at radius 2 is 2.00 bits per heavy atom. The highest BCUT2D eigenvalue weighted by atomic mass is 35.5. The minimum atomic E-state index is 0. The van der Waals surface area contributed by atoms with Gasteiger partial charge in [-0.3, -0.25) is 0 Å². The molecule has 0 spiro atoms. The van der Waals surface area contributed by atoms with Gasteiger partial charge in [0.1, 0.15) is 0 Å². The summed E-state index contributed by atoms with van der Waals surface area (Å²) in [5, 5.41) is 4.59. The van der Waals surface area contributed by atoms with E-state index < -0.39 is 0 Å². The molecule has 3 rings (SSSR count). The van der Waals surface area contributed by atoms with Gasteiger partial charge in [0, 0.05) is 17.0 Å². The SMILES string of the molecule is CCNC1CCc2ccc(CCCN)cc2C1Cc1ccccc1Cl.Cl. The first kappa shape index (κ1) is 21.2. The van der Waals surface area contributed by atoms with Gasteiger partial charge in [0.05, 0.1) is 0 Å². The Morgan fingerprint density at radius 3 is 2.73 bits per heavy atom. The number of aryl methyl sites for hydroxylation is 2. The number of nitrogens with two attached hydrogens (primary N) is 1. The first-order valence-corrected chi connectivity index (χ1v) is 9.89. The molecular formula is C22H30Cl2N2. The van der Waals surface area contributed by atoms with E-state index in [2.05, 4.69) is 42.6 Å². The molecule has 4 heteroatoms. The highest BCUT2D eigenvalue weighted by Gasteiger charge is 2.29. The highest BCUT2D eigenvalue weighted by Crippen LogP contribution is 2.36. The molecule has 26 heavy (non-hydrogen) atoms. The van der Waals surface area contributed by atoms with Crippen molar-refractivity contribution < 1.29 is 0 Å². The number of hydrogen-bond donors (Lipinski definition) is 2. The first-order chi connectivity index (χ1) is 12.2. The molecule has 0 saturated carbocycles. The fourth-order valence-electron chi connectivity index (χ4n) is 4.07. The Bertz CT molecular complexity index is 702. The molecule has 2 nitrogen and oxygen atoms in total. The van der Waals surface area contributed by atoms with Crippen LogP contribution in [0.3, 0.4) is 0 Å². The van der Waals surface area contributed by atoms with Crippen LogP contribution < -0.4 is 11.1 Å². The number of nitrogens with one attached hydrogen (secondary N) is 1. The second kappa shape index (κ2) is 10.3. The van der Waals surface area contributed by atoms with Crippen LogP contribution >= 0.6 is 24.0 Å². The highest BCUT2D eigenvalue weighted by molar-refractivity contribution is 6.31. The number of rotatable bonds is 7. The van der Waals surface area contributed by atoms with Gasteiger partial charge < -0.3 is 11.1 Å². The number of fused-ring (bicyclic) bond motifs is 1. The summed E-state index contributed by atoms with van der Waals surface area (Å²) in [5.41, 5.74) is 11.4. The van der Waals surface area contributed by atoms with Gasteiger partial charge in [0.2, 0.25) is 0 Å². The molecule has 0 saturated heterocycles. The van der Waals surface area contributed by atoms with Gasteiger partial charge in [0.15, 0.2) is 0 Å². The van der Waals surface area contributed by atoms with E-state index >= 15 is 0 Å². The van der Waals surface area contributed by atoms with Crippen LogP contribution in [0.25, 0.3) is 0 Å². The van der Waals surface area contributed by atoms with Crippen LogP contribution in [-0.2, 0) is 19.3 Å². The van der Waals surface area contributed by atoms with E-state index in [0.29, 0.717) is 12.0 Å². The van der Waals surface area contributed by atoms with E-state index in [1.807, 2.05) is 12.1 Å². The average Bonchev–Trinajstić information content (AvgIpc) is 2.63. The number of likely N-dealkylation sites (N-methyl/N-ethyl adjacent to an activating group) is 1. The Labute approximate surface area is 168 Å². The molecule has 0 radical (unpaired) electrons. The Morgan fingerprint density at radius 1 is 1.19 bits per heavy atom. The first-order valence-electron chi connectivity index (χ1n) is 9.51. The van der Waals surface area contributed by atoms with Crippen LogP contribution in [0.2, 0.25) is 5.02 Å². The molecule has 2 unspecified atom stereocenters. The molecule has 0 aromatic heterocycles. The second-order valence-electron chi connectivity index (χ2n) is 7.03. The smallest absolute Gasteiger partial charge is 0.0438 e. The molecule has 3 N–H and O–H groups in total. The lowest BCUT2D eigenvalue weighted by molar-refractivity contribution is 0.392. The fraction of sp³-hybridized carbons (Fsp3) is 0.455. The molecule has 1 aliphatic carbocycles. The quantitative estimate of drug-likeness (QED) is 0.702. The third-order valence-electron chi connectivity index (χ3n) is 5.35. The zero-order chi connectivity index (χ0) is 17.6. The minimum absolute atomic E-state index is 0. The summed E-state index contributed by atoms with van der Waals surface area (Å²) >= 11 is 6.46. The van der Waals surface area contributed by atoms with Gasteiger partial charge in [-0.05, 0) is 73.5 Å². The summed E-state index contributed by atoms with van der Waals surface area (Å²) in [6.07, 6.45) is 5.45. The molecule has 2 aromatic carbocycles. The zero-order valence-electron chi connectivity index (χ0n) is 15.5. The fourth-order valence-corrected chi connectivity index (χ4v) is 4.28. The molecular weight excluding hydrogens is 363 g/mol. The lowest BCUT2D eigenvalue weighted by Gasteiger charge is -2.35. The van der Waals surface area contributed by atoms with Gasteiger partial charge in [-0.2, -0.15) is 0 Å². The van der Waals surface area contributed by atoms with Crippen molar-refractivity contribution in [2.75, 3.05) is 13.1 Å². The van der Waals surface area contributed by atoms with Crippen LogP contribution in [0.1, 0.15) is 47.9 Å². The van der Waals surface area contributed by atoms with Crippen LogP contribution in [0.4, 0.5) is 0 Å². The Hall–Kier alpha value is -1.06. The molecule has 142 valence electrons. The number of benzene rings is 2. The topological polar surface area (TPSA) is 38.0 Å². The molecule has 0 fully saturated rings. The summed E-state index contributed by atoms with van der Waals surface area (Å²) in [7, 11) is 0. The molecule has 2 atom stereocenters. The predicted octanol–water partition coefficient (Wildman–Crippen LogP) is 4.90. The Balaban J connectivity index is 0.00000243. The lowest BCUT2D eigenvalue weighted by Crippen LogP contribution is -2.39. The minimum Gasteiger partial charge on any atom is -0.330 e. The van der Waals surface area contributed by atoms with Crippen molar-refractivity contribution in [3.63, 3.8) is 0 Å². The van der Waals surface area contributed by atoms with Crippen LogP contribution in [-0.4, -0.2) is 19.1 Å². The van der Waals surface area contributed by atoms with Gasteiger partial charge in [0.25, 0.3) is 0 Å². The van der Waals surface area contributed by atoms with Crippen LogP contribution in [0.15, 0.2) is 42.5 Å². The van der Waals surface area contributed by atoms with Crippen LogP contribution in [0, 0.1) is 0 Å². The van der Waals surface area contributed by atoms with Crippen molar-refractivity contribution in [1.29, 1.82) is 0 Å². The number of hydrogen-bond acceptors (Lipinski definition) is 2. The standard InChI is InChI=1S/C22H29ClN2.ClH/c1-2-25-22-12-11-17-10-9-16(6-5-13-24)14-19(17)20(22)15-18-7-3-4-8-21(18)23;/h3-4,7-10,14,20,22,25H,2,5-6,11-13,15,24H2,1H3;1H. The maximum Gasteiger partial charge on any atom is 0.0438 e. The second-order valence-corrected chi connectivity index (χ2v) is 7.44. The van der Waals surface area contributed by atoms with E-state index in [0.717, 1.165) is 43.8 Å². The van der Waals surface area contributed by atoms with Crippen molar-refractivity contribution in [1.82, 2.24) is 5.32 Å². The van der Waals surface area contributed by atoms with Gasteiger partial charge in [-0.1, -0.05) is 54.9 Å². The summed E-state index contributed by atoms with van der Waals surface area (Å²) in [6, 6.07) is 15.8. The molecule has 0 aliphatic heterocycles. The summed E-state index contributed by atoms with van der Waals surface area (Å²) < 4.78 is 0. The van der Waals surface area contributed by atoms with Crippen LogP contribution in [0.5, 0.6) is 0 Å². The Kier molecular flexibility index (Phi) is 8.43. The third-order valence-corrected chi connectivity index (χ3v) is 5.72. The van der Waals surface area contributed by atoms with Crippen molar-refractivity contribution >= 4 is 24.0 Å². The lowest BCUT2D eigenvalue weighted by atomic mass is 9.75. The summed E-state index contributed by atoms with van der Waals surface area (Å²) in [4.78, 5) is 0. The van der Waals surface area contributed by atoms with E-state index in [1.54, 1.807) is 0 Å². The molecule has 0 amide bonds. The third kappa shape index (κ3) is 5.01. The predicted molar refractivity (Wildman–Crippen MR) is 115 cm³/mol. The van der Waals surface area contributed by atoms with E-state index in [-0.39, 0.29) is 12.4 Å². The normalized spacial score (nSPS) is 18.9. The molecule has 0 heterocycles. The van der Waals surface area contributed by atoms with E-state index in [1.165, 1.54) is 28.7 Å². The average molecular weight is 393 g/mol. The maximum absolute atomic E-state index is 6.46. The van der Waals surface area contributed by atoms with Gasteiger partial charge >= 0.3 is 0 Å². The van der Waals surface area contributed by atoms with Gasteiger partial charge in [-0.25, -0.2) is 0 Å². The summed E-state index contributed by atoms with van der Waals surface area (Å²) in [6.45, 7) is 3.95. The molecule has 0 bridgehead atoms. The summed E-state index contributed by atoms with van der Waals surface area (Å²) in [5.74, 6) is 0.474. The molecule has 1 aliphatic rings. The number of halogens is 2. The zero-order valence-corrected chi connectivity index (χ0v) is 17.1.